The van der Waals surface area contributed by atoms with Gasteiger partial charge in [-0.05, 0) is 72.9 Å². The second-order valence-corrected chi connectivity index (χ2v) is 11.0. The molecule has 0 radical (unpaired) electrons. The molecule has 0 amide bonds. The van der Waals surface area contributed by atoms with Crippen LogP contribution < -0.4 is 9.62 Å². The van der Waals surface area contributed by atoms with E-state index in [9.17, 15) is 18.5 Å². The van der Waals surface area contributed by atoms with Crippen LogP contribution in [0.2, 0.25) is 0 Å². The van der Waals surface area contributed by atoms with E-state index in [1.54, 1.807) is 24.3 Å². The third kappa shape index (κ3) is 4.98. The standard InChI is InChI=1S/C25H29N3O4S/c1-16-10-17(2)15-28(14-16)23-9-4-18(13-26)11-22(23)27-33(30,31)24-12-20(25(29)32-3)7-8-21(24)19-5-6-19/h4,7-9,11-12,16-17,19,27H,5-6,10,14-15H2,1-3H3/t16-,17+. The molecule has 1 heterocycles. The number of hydrogen-bond acceptors (Lipinski definition) is 6. The van der Waals surface area contributed by atoms with E-state index < -0.39 is 16.0 Å². The van der Waals surface area contributed by atoms with Crippen molar-refractivity contribution in [1.29, 1.82) is 5.26 Å². The molecule has 8 heteroatoms. The first kappa shape index (κ1) is 23.1. The van der Waals surface area contributed by atoms with E-state index >= 15 is 0 Å². The van der Waals surface area contributed by atoms with Crippen molar-refractivity contribution in [2.45, 2.75) is 43.9 Å². The highest BCUT2D eigenvalue weighted by Gasteiger charge is 2.32. The predicted octanol–water partition coefficient (Wildman–Crippen LogP) is 4.51. The van der Waals surface area contributed by atoms with E-state index in [0.717, 1.165) is 38.0 Å². The summed E-state index contributed by atoms with van der Waals surface area (Å²) in [6.45, 7) is 6.01. The van der Waals surface area contributed by atoms with E-state index in [1.807, 2.05) is 6.07 Å². The largest absolute Gasteiger partial charge is 0.465 e. The molecule has 33 heavy (non-hydrogen) atoms. The number of benzene rings is 2. The van der Waals surface area contributed by atoms with Crippen molar-refractivity contribution in [1.82, 2.24) is 0 Å². The van der Waals surface area contributed by atoms with Crippen LogP contribution in [0.25, 0.3) is 0 Å². The number of ether oxygens (including phenoxy) is 1. The number of nitrogens with zero attached hydrogens (tertiary/aromatic N) is 2. The van der Waals surface area contributed by atoms with Crippen molar-refractivity contribution in [2.24, 2.45) is 11.8 Å². The molecule has 2 aromatic rings. The summed E-state index contributed by atoms with van der Waals surface area (Å²) in [5, 5.41) is 9.42. The number of methoxy groups -OCH3 is 1. The molecule has 2 aromatic carbocycles. The maximum absolute atomic E-state index is 13.6. The van der Waals surface area contributed by atoms with Crippen molar-refractivity contribution < 1.29 is 17.9 Å². The normalized spacial score (nSPS) is 20.7. The number of sulfonamides is 1. The predicted molar refractivity (Wildman–Crippen MR) is 127 cm³/mol. The first-order chi connectivity index (χ1) is 15.7. The molecule has 2 aliphatic rings. The lowest BCUT2D eigenvalue weighted by molar-refractivity contribution is 0.0600. The molecule has 1 aliphatic carbocycles. The maximum atomic E-state index is 13.6. The van der Waals surface area contributed by atoms with Gasteiger partial charge >= 0.3 is 5.97 Å². The lowest BCUT2D eigenvalue weighted by Crippen LogP contribution is -2.39. The van der Waals surface area contributed by atoms with Gasteiger partial charge in [-0.3, -0.25) is 4.72 Å². The highest BCUT2D eigenvalue weighted by atomic mass is 32.2. The molecule has 1 N–H and O–H groups in total. The van der Waals surface area contributed by atoms with Gasteiger partial charge in [0, 0.05) is 13.1 Å². The zero-order valence-corrected chi connectivity index (χ0v) is 20.0. The van der Waals surface area contributed by atoms with Gasteiger partial charge in [-0.25, -0.2) is 13.2 Å². The number of carbonyl (C=O) groups excluding carboxylic acids is 1. The second kappa shape index (κ2) is 9.06. The quantitative estimate of drug-likeness (QED) is 0.628. The molecule has 0 unspecified atom stereocenters. The summed E-state index contributed by atoms with van der Waals surface area (Å²) in [4.78, 5) is 14.3. The van der Waals surface area contributed by atoms with Crippen molar-refractivity contribution in [2.75, 3.05) is 29.8 Å². The topological polar surface area (TPSA) is 99.5 Å². The molecule has 0 spiro atoms. The summed E-state index contributed by atoms with van der Waals surface area (Å²) >= 11 is 0. The maximum Gasteiger partial charge on any atom is 0.337 e. The minimum Gasteiger partial charge on any atom is -0.465 e. The number of piperidine rings is 1. The molecular formula is C25H29N3O4S. The SMILES string of the molecule is COC(=O)c1ccc(C2CC2)c(S(=O)(=O)Nc2cc(C#N)ccc2N2C[C@H](C)C[C@H](C)C2)c1. The van der Waals surface area contributed by atoms with Gasteiger partial charge in [0.1, 0.15) is 0 Å². The van der Waals surface area contributed by atoms with Crippen molar-refractivity contribution in [3.8, 4) is 6.07 Å². The van der Waals surface area contributed by atoms with E-state index in [0.29, 0.717) is 28.7 Å². The molecule has 0 bridgehead atoms. The Kier molecular flexibility index (Phi) is 6.35. The van der Waals surface area contributed by atoms with Crippen LogP contribution in [-0.2, 0) is 14.8 Å². The zero-order chi connectivity index (χ0) is 23.8. The van der Waals surface area contributed by atoms with Gasteiger partial charge in [-0.2, -0.15) is 5.26 Å². The third-order valence-corrected chi connectivity index (χ3v) is 7.74. The van der Waals surface area contributed by atoms with Crippen molar-refractivity contribution in [3.05, 3.63) is 53.1 Å². The van der Waals surface area contributed by atoms with E-state index in [-0.39, 0.29) is 16.4 Å². The Morgan fingerprint density at radius 3 is 2.42 bits per heavy atom. The fourth-order valence-electron chi connectivity index (χ4n) is 4.77. The Labute approximate surface area is 195 Å². The van der Waals surface area contributed by atoms with Crippen LogP contribution in [0.3, 0.4) is 0 Å². The summed E-state index contributed by atoms with van der Waals surface area (Å²) in [6.07, 6.45) is 2.95. The second-order valence-electron chi connectivity index (χ2n) is 9.32. The molecule has 7 nitrogen and oxygen atoms in total. The molecule has 1 saturated heterocycles. The fourth-order valence-corrected chi connectivity index (χ4v) is 6.16. The minimum atomic E-state index is -4.02. The first-order valence-corrected chi connectivity index (χ1v) is 12.7. The Hall–Kier alpha value is -3.05. The number of nitriles is 1. The number of esters is 1. The molecule has 0 aromatic heterocycles. The molecular weight excluding hydrogens is 438 g/mol. The first-order valence-electron chi connectivity index (χ1n) is 11.3. The Morgan fingerprint density at radius 1 is 1.12 bits per heavy atom. The van der Waals surface area contributed by atoms with Crippen molar-refractivity contribution >= 4 is 27.4 Å². The number of hydrogen-bond donors (Lipinski definition) is 1. The smallest absolute Gasteiger partial charge is 0.337 e. The van der Waals surface area contributed by atoms with Gasteiger partial charge in [0.15, 0.2) is 0 Å². The number of anilines is 2. The van der Waals surface area contributed by atoms with E-state index in [2.05, 4.69) is 29.5 Å². The lowest BCUT2D eigenvalue weighted by atomic mass is 9.91. The van der Waals surface area contributed by atoms with Gasteiger partial charge < -0.3 is 9.64 Å². The van der Waals surface area contributed by atoms with E-state index in [4.69, 9.17) is 4.74 Å². The summed E-state index contributed by atoms with van der Waals surface area (Å²) in [7, 11) is -2.75. The van der Waals surface area contributed by atoms with Gasteiger partial charge in [-0.15, -0.1) is 0 Å². The Balaban J connectivity index is 1.76. The molecule has 2 fully saturated rings. The van der Waals surface area contributed by atoms with Crippen LogP contribution in [0.15, 0.2) is 41.3 Å². The third-order valence-electron chi connectivity index (χ3n) is 6.32. The molecule has 4 rings (SSSR count). The zero-order valence-electron chi connectivity index (χ0n) is 19.2. The van der Waals surface area contributed by atoms with Crippen LogP contribution in [-0.4, -0.2) is 34.6 Å². The van der Waals surface area contributed by atoms with Crippen LogP contribution in [0, 0.1) is 23.2 Å². The van der Waals surface area contributed by atoms with Gasteiger partial charge in [0.05, 0.1) is 40.6 Å². The number of carbonyl (C=O) groups is 1. The number of nitrogens with one attached hydrogen (secondary N) is 1. The molecule has 2 atom stereocenters. The average Bonchev–Trinajstić information content (AvgIpc) is 3.62. The van der Waals surface area contributed by atoms with Crippen LogP contribution in [0.5, 0.6) is 0 Å². The van der Waals surface area contributed by atoms with E-state index in [1.165, 1.54) is 13.2 Å². The lowest BCUT2D eigenvalue weighted by Gasteiger charge is -2.37. The number of rotatable bonds is 6. The molecule has 1 aliphatic heterocycles. The minimum absolute atomic E-state index is 0.0848. The van der Waals surface area contributed by atoms with Gasteiger partial charge in [-0.1, -0.05) is 19.9 Å². The van der Waals surface area contributed by atoms with Crippen molar-refractivity contribution in [3.63, 3.8) is 0 Å². The monoisotopic (exact) mass is 467 g/mol. The summed E-state index contributed by atoms with van der Waals surface area (Å²) in [5.41, 5.74) is 2.40. The molecule has 1 saturated carbocycles. The Bertz CT molecular complexity index is 1200. The highest BCUT2D eigenvalue weighted by molar-refractivity contribution is 7.92. The van der Waals surface area contributed by atoms with Crippen LogP contribution in [0.4, 0.5) is 11.4 Å². The Morgan fingerprint density at radius 2 is 1.82 bits per heavy atom. The summed E-state index contributed by atoms with van der Waals surface area (Å²) < 4.78 is 34.8. The molecule has 174 valence electrons. The summed E-state index contributed by atoms with van der Waals surface area (Å²) in [6, 6.07) is 11.9. The van der Waals surface area contributed by atoms with Gasteiger partial charge in [0.2, 0.25) is 0 Å². The van der Waals surface area contributed by atoms with Gasteiger partial charge in [0.25, 0.3) is 10.0 Å². The highest BCUT2D eigenvalue weighted by Crippen LogP contribution is 2.44. The average molecular weight is 468 g/mol. The van der Waals surface area contributed by atoms with Crippen LogP contribution in [0.1, 0.15) is 60.5 Å². The van der Waals surface area contributed by atoms with Crippen LogP contribution >= 0.6 is 0 Å². The summed E-state index contributed by atoms with van der Waals surface area (Å²) in [5.74, 6) is 0.536. The fraction of sp³-hybridized carbons (Fsp3) is 0.440.